The van der Waals surface area contributed by atoms with E-state index in [2.05, 4.69) is 10.6 Å². The van der Waals surface area contributed by atoms with Gasteiger partial charge in [0.1, 0.15) is 0 Å². The molecule has 0 heterocycles. The monoisotopic (exact) mass is 310 g/mol. The molecule has 0 aliphatic carbocycles. The Hall–Kier alpha value is -2.62. The van der Waals surface area contributed by atoms with Gasteiger partial charge >= 0.3 is 11.8 Å². The number of anilines is 2. The molecule has 4 nitrogen and oxygen atoms in total. The van der Waals surface area contributed by atoms with Gasteiger partial charge in [0.25, 0.3) is 0 Å². The average molecular weight is 310 g/mol. The van der Waals surface area contributed by atoms with Crippen LogP contribution in [0.5, 0.6) is 0 Å². The molecule has 0 bridgehead atoms. The van der Waals surface area contributed by atoms with Gasteiger partial charge in [-0.15, -0.1) is 0 Å². The Bertz CT molecular complexity index is 708. The first kappa shape index (κ1) is 16.7. The number of aryl methyl sites for hydroxylation is 1. The van der Waals surface area contributed by atoms with Gasteiger partial charge in [-0.1, -0.05) is 57.2 Å². The van der Waals surface area contributed by atoms with Crippen LogP contribution in [0.25, 0.3) is 0 Å². The van der Waals surface area contributed by atoms with Crippen molar-refractivity contribution >= 4 is 23.2 Å². The van der Waals surface area contributed by atoms with E-state index in [1.807, 2.05) is 57.2 Å². The van der Waals surface area contributed by atoms with Crippen molar-refractivity contribution in [1.29, 1.82) is 0 Å². The first-order valence-corrected chi connectivity index (χ1v) is 7.82. The van der Waals surface area contributed by atoms with Crippen molar-refractivity contribution in [3.63, 3.8) is 0 Å². The molecule has 0 aliphatic heterocycles. The van der Waals surface area contributed by atoms with Crippen molar-refractivity contribution in [2.24, 2.45) is 0 Å². The SMILES string of the molecule is CCc1ccccc1NC(=O)C(=O)Nc1ccccc1C(C)C. The summed E-state index contributed by atoms with van der Waals surface area (Å²) in [6, 6.07) is 15.0. The van der Waals surface area contributed by atoms with Crippen LogP contribution in [-0.4, -0.2) is 11.8 Å². The molecule has 0 spiro atoms. The number of carbonyl (C=O) groups is 2. The quantitative estimate of drug-likeness (QED) is 0.840. The lowest BCUT2D eigenvalue weighted by molar-refractivity contribution is -0.133. The highest BCUT2D eigenvalue weighted by Crippen LogP contribution is 2.23. The molecule has 0 atom stereocenters. The molecule has 2 amide bonds. The van der Waals surface area contributed by atoms with E-state index in [4.69, 9.17) is 0 Å². The second-order valence-corrected chi connectivity index (χ2v) is 5.66. The molecule has 2 rings (SSSR count). The van der Waals surface area contributed by atoms with E-state index in [0.717, 1.165) is 17.5 Å². The van der Waals surface area contributed by atoms with Crippen molar-refractivity contribution in [3.8, 4) is 0 Å². The molecule has 0 radical (unpaired) electrons. The van der Waals surface area contributed by atoms with Crippen molar-refractivity contribution in [1.82, 2.24) is 0 Å². The lowest BCUT2D eigenvalue weighted by Gasteiger charge is -2.14. The maximum Gasteiger partial charge on any atom is 0.314 e. The molecule has 120 valence electrons. The Kier molecular flexibility index (Phi) is 5.52. The predicted octanol–water partition coefficient (Wildman–Crippen LogP) is 3.95. The van der Waals surface area contributed by atoms with Crippen LogP contribution in [0.15, 0.2) is 48.5 Å². The van der Waals surface area contributed by atoms with E-state index in [-0.39, 0.29) is 5.92 Å². The van der Waals surface area contributed by atoms with Gasteiger partial charge in [0.2, 0.25) is 0 Å². The third kappa shape index (κ3) is 4.19. The van der Waals surface area contributed by atoms with Crippen LogP contribution in [-0.2, 0) is 16.0 Å². The Morgan fingerprint density at radius 2 is 1.39 bits per heavy atom. The molecule has 23 heavy (non-hydrogen) atoms. The highest BCUT2D eigenvalue weighted by molar-refractivity contribution is 6.43. The van der Waals surface area contributed by atoms with E-state index < -0.39 is 11.8 Å². The molecule has 0 fully saturated rings. The Labute approximate surface area is 136 Å². The summed E-state index contributed by atoms with van der Waals surface area (Å²) in [4.78, 5) is 24.3. The fourth-order valence-corrected chi connectivity index (χ4v) is 2.42. The van der Waals surface area contributed by atoms with Crippen molar-refractivity contribution in [2.45, 2.75) is 33.1 Å². The van der Waals surface area contributed by atoms with Crippen molar-refractivity contribution < 1.29 is 9.59 Å². The molecule has 0 unspecified atom stereocenters. The lowest BCUT2D eigenvalue weighted by atomic mass is 10.0. The Morgan fingerprint density at radius 1 is 0.870 bits per heavy atom. The number of carbonyl (C=O) groups excluding carboxylic acids is 2. The van der Waals surface area contributed by atoms with Gasteiger partial charge in [0, 0.05) is 11.4 Å². The number of hydrogen-bond donors (Lipinski definition) is 2. The number of amides is 2. The first-order valence-electron chi connectivity index (χ1n) is 7.82. The van der Waals surface area contributed by atoms with Crippen LogP contribution in [0.1, 0.15) is 37.8 Å². The first-order chi connectivity index (χ1) is 11.0. The van der Waals surface area contributed by atoms with Crippen LogP contribution in [0.4, 0.5) is 11.4 Å². The summed E-state index contributed by atoms with van der Waals surface area (Å²) in [5, 5.41) is 5.38. The van der Waals surface area contributed by atoms with E-state index in [1.54, 1.807) is 12.1 Å². The second-order valence-electron chi connectivity index (χ2n) is 5.66. The fraction of sp³-hybridized carbons (Fsp3) is 0.263. The summed E-state index contributed by atoms with van der Waals surface area (Å²) in [6.45, 7) is 6.09. The summed E-state index contributed by atoms with van der Waals surface area (Å²) >= 11 is 0. The molecule has 2 aromatic carbocycles. The third-order valence-corrected chi connectivity index (χ3v) is 3.68. The predicted molar refractivity (Wildman–Crippen MR) is 93.6 cm³/mol. The fourth-order valence-electron chi connectivity index (χ4n) is 2.42. The largest absolute Gasteiger partial charge is 0.318 e. The van der Waals surface area contributed by atoms with E-state index in [9.17, 15) is 9.59 Å². The highest BCUT2D eigenvalue weighted by Gasteiger charge is 2.17. The van der Waals surface area contributed by atoms with Crippen LogP contribution < -0.4 is 10.6 Å². The molecule has 0 aliphatic rings. The van der Waals surface area contributed by atoms with Crippen molar-refractivity contribution in [2.75, 3.05) is 10.6 Å². The van der Waals surface area contributed by atoms with Crippen molar-refractivity contribution in [3.05, 3.63) is 59.7 Å². The van der Waals surface area contributed by atoms with Gasteiger partial charge < -0.3 is 10.6 Å². The molecular weight excluding hydrogens is 288 g/mol. The zero-order valence-electron chi connectivity index (χ0n) is 13.7. The normalized spacial score (nSPS) is 10.4. The topological polar surface area (TPSA) is 58.2 Å². The average Bonchev–Trinajstić information content (AvgIpc) is 2.55. The number of para-hydroxylation sites is 2. The second kappa shape index (κ2) is 7.58. The summed E-state index contributed by atoms with van der Waals surface area (Å²) in [5.41, 5.74) is 3.34. The van der Waals surface area contributed by atoms with Crippen LogP contribution in [0.3, 0.4) is 0 Å². The smallest absolute Gasteiger partial charge is 0.314 e. The third-order valence-electron chi connectivity index (χ3n) is 3.68. The minimum Gasteiger partial charge on any atom is -0.318 e. The highest BCUT2D eigenvalue weighted by atomic mass is 16.2. The molecule has 0 saturated heterocycles. The summed E-state index contributed by atoms with van der Waals surface area (Å²) in [7, 11) is 0. The lowest BCUT2D eigenvalue weighted by Crippen LogP contribution is -2.29. The number of rotatable bonds is 4. The van der Waals surface area contributed by atoms with E-state index >= 15 is 0 Å². The van der Waals surface area contributed by atoms with E-state index in [1.165, 1.54) is 0 Å². The molecular formula is C19H22N2O2. The summed E-state index contributed by atoms with van der Waals surface area (Å²) < 4.78 is 0. The zero-order chi connectivity index (χ0) is 16.8. The van der Waals surface area contributed by atoms with Gasteiger partial charge in [-0.25, -0.2) is 0 Å². The number of benzene rings is 2. The van der Waals surface area contributed by atoms with Gasteiger partial charge in [-0.2, -0.15) is 0 Å². The van der Waals surface area contributed by atoms with Crippen LogP contribution in [0.2, 0.25) is 0 Å². The maximum absolute atomic E-state index is 12.2. The van der Waals surface area contributed by atoms with Gasteiger partial charge in [-0.05, 0) is 35.6 Å². The summed E-state index contributed by atoms with van der Waals surface area (Å²) in [5.74, 6) is -1.07. The molecule has 2 N–H and O–H groups in total. The molecule has 2 aromatic rings. The van der Waals surface area contributed by atoms with Gasteiger partial charge in [0.15, 0.2) is 0 Å². The number of hydrogen-bond acceptors (Lipinski definition) is 2. The molecule has 0 saturated carbocycles. The van der Waals surface area contributed by atoms with Crippen LogP contribution in [0, 0.1) is 0 Å². The Morgan fingerprint density at radius 3 is 2.00 bits per heavy atom. The van der Waals surface area contributed by atoms with E-state index in [0.29, 0.717) is 11.4 Å². The van der Waals surface area contributed by atoms with Gasteiger partial charge in [-0.3, -0.25) is 9.59 Å². The molecule has 0 aromatic heterocycles. The molecule has 4 heteroatoms. The summed E-state index contributed by atoms with van der Waals surface area (Å²) in [6.07, 6.45) is 0.786. The zero-order valence-corrected chi connectivity index (χ0v) is 13.7. The minimum absolute atomic E-state index is 0.260. The number of nitrogens with one attached hydrogen (secondary N) is 2. The standard InChI is InChI=1S/C19H22N2O2/c1-4-14-9-5-7-11-16(14)20-18(22)19(23)21-17-12-8-6-10-15(17)13(2)3/h5-13H,4H2,1-3H3,(H,20,22)(H,21,23). The minimum atomic E-state index is -0.663. The van der Waals surface area contributed by atoms with Crippen LogP contribution >= 0.6 is 0 Å². The maximum atomic E-state index is 12.2. The Balaban J connectivity index is 2.11. The van der Waals surface area contributed by atoms with Gasteiger partial charge in [0.05, 0.1) is 0 Å².